The zero-order chi connectivity index (χ0) is 40.6. The molecule has 0 spiro atoms. The summed E-state index contributed by atoms with van der Waals surface area (Å²) in [5.41, 5.74) is 2.44. The van der Waals surface area contributed by atoms with Gasteiger partial charge in [0.05, 0.1) is 5.56 Å². The Morgan fingerprint density at radius 2 is 0.860 bits per heavy atom. The summed E-state index contributed by atoms with van der Waals surface area (Å²) < 4.78 is 0. The maximum absolute atomic E-state index is 14.9. The highest BCUT2D eigenvalue weighted by molar-refractivity contribution is 7.13. The van der Waals surface area contributed by atoms with Crippen molar-refractivity contribution in [1.82, 2.24) is 9.80 Å². The first-order chi connectivity index (χ1) is 27.9. The van der Waals surface area contributed by atoms with Crippen molar-refractivity contribution < 1.29 is 19.2 Å². The van der Waals surface area contributed by atoms with Crippen LogP contribution in [0.1, 0.15) is 223 Å². The molecule has 1 aromatic heterocycles. The zero-order valence-corrected chi connectivity index (χ0v) is 36.8. The van der Waals surface area contributed by atoms with E-state index in [9.17, 15) is 19.2 Å². The lowest BCUT2D eigenvalue weighted by Gasteiger charge is -2.35. The molecular formula is C50H72N2O4S. The van der Waals surface area contributed by atoms with E-state index in [2.05, 4.69) is 27.7 Å². The highest BCUT2D eigenvalue weighted by Gasteiger charge is 2.42. The number of hydrogen-bond acceptors (Lipinski definition) is 5. The number of benzene rings is 2. The quantitative estimate of drug-likeness (QED) is 0.0518. The normalized spacial score (nSPS) is 15.0. The molecule has 7 heteroatoms. The summed E-state index contributed by atoms with van der Waals surface area (Å²) in [6.07, 6.45) is 27.9. The molecule has 3 aromatic rings. The van der Waals surface area contributed by atoms with E-state index in [1.807, 2.05) is 23.6 Å². The summed E-state index contributed by atoms with van der Waals surface area (Å²) in [5.74, 6) is -0.718. The lowest BCUT2D eigenvalue weighted by Crippen LogP contribution is -2.46. The lowest BCUT2D eigenvalue weighted by atomic mass is 9.82. The van der Waals surface area contributed by atoms with E-state index in [1.54, 1.807) is 12.1 Å². The Labute approximate surface area is 348 Å². The molecule has 2 unspecified atom stereocenters. The van der Waals surface area contributed by atoms with E-state index in [1.165, 1.54) is 124 Å². The summed E-state index contributed by atoms with van der Waals surface area (Å²) in [7, 11) is 0. The third-order valence-electron chi connectivity index (χ3n) is 12.7. The van der Waals surface area contributed by atoms with Crippen LogP contribution >= 0.6 is 11.3 Å². The topological polar surface area (TPSA) is 74.8 Å². The van der Waals surface area contributed by atoms with Crippen molar-refractivity contribution in [2.45, 2.75) is 182 Å². The monoisotopic (exact) mass is 797 g/mol. The van der Waals surface area contributed by atoms with Gasteiger partial charge in [-0.3, -0.25) is 29.0 Å². The van der Waals surface area contributed by atoms with Gasteiger partial charge in [0, 0.05) is 51.0 Å². The minimum Gasteiger partial charge on any atom is -0.274 e. The summed E-state index contributed by atoms with van der Waals surface area (Å²) in [6.45, 7) is 9.73. The first kappa shape index (κ1) is 44.8. The summed E-state index contributed by atoms with van der Waals surface area (Å²) in [5, 5.41) is 2.95. The second-order valence-corrected chi connectivity index (χ2v) is 18.2. The van der Waals surface area contributed by atoms with Gasteiger partial charge < -0.3 is 0 Å². The molecule has 2 aliphatic heterocycles. The van der Waals surface area contributed by atoms with Crippen LogP contribution < -0.4 is 0 Å². The Morgan fingerprint density at radius 3 is 1.32 bits per heavy atom. The van der Waals surface area contributed by atoms with Crippen molar-refractivity contribution in [2.75, 3.05) is 13.1 Å². The van der Waals surface area contributed by atoms with Crippen LogP contribution in [0.4, 0.5) is 0 Å². The first-order valence-corrected chi connectivity index (χ1v) is 24.1. The van der Waals surface area contributed by atoms with Crippen LogP contribution in [0, 0.1) is 11.8 Å². The van der Waals surface area contributed by atoms with Crippen molar-refractivity contribution in [3.8, 4) is 10.4 Å². The fourth-order valence-electron chi connectivity index (χ4n) is 9.34. The molecular weight excluding hydrogens is 725 g/mol. The minimum atomic E-state index is -0.303. The Morgan fingerprint density at radius 1 is 0.456 bits per heavy atom. The van der Waals surface area contributed by atoms with E-state index >= 15 is 0 Å². The van der Waals surface area contributed by atoms with Crippen molar-refractivity contribution in [3.05, 3.63) is 58.0 Å². The molecule has 6 nitrogen and oxygen atoms in total. The van der Waals surface area contributed by atoms with Gasteiger partial charge in [-0.05, 0) is 67.2 Å². The number of imide groups is 2. The van der Waals surface area contributed by atoms with E-state index in [4.69, 9.17) is 0 Å². The first-order valence-electron chi connectivity index (χ1n) is 23.3. The Hall–Kier alpha value is -3.32. The van der Waals surface area contributed by atoms with Gasteiger partial charge >= 0.3 is 0 Å². The summed E-state index contributed by atoms with van der Waals surface area (Å²) >= 11 is 1.53. The van der Waals surface area contributed by atoms with Crippen LogP contribution in [0.2, 0.25) is 0 Å². The molecule has 0 aliphatic carbocycles. The van der Waals surface area contributed by atoms with Crippen LogP contribution in [0.5, 0.6) is 0 Å². The van der Waals surface area contributed by atoms with Crippen LogP contribution in [0.15, 0.2) is 35.7 Å². The molecule has 0 N–H and O–H groups in total. The van der Waals surface area contributed by atoms with Gasteiger partial charge in [-0.15, -0.1) is 11.3 Å². The number of thiophene rings is 1. The number of carbonyl (C=O) groups excluding carboxylic acids is 4. The van der Waals surface area contributed by atoms with E-state index in [0.717, 1.165) is 56.2 Å². The molecule has 312 valence electrons. The third-order valence-corrected chi connectivity index (χ3v) is 13.6. The van der Waals surface area contributed by atoms with Crippen molar-refractivity contribution in [1.29, 1.82) is 0 Å². The van der Waals surface area contributed by atoms with Crippen LogP contribution in [0.3, 0.4) is 0 Å². The number of amides is 4. The third kappa shape index (κ3) is 11.5. The largest absolute Gasteiger partial charge is 0.274 e. The molecule has 0 fully saturated rings. The van der Waals surface area contributed by atoms with Crippen molar-refractivity contribution in [2.24, 2.45) is 11.8 Å². The number of hydrogen-bond donors (Lipinski definition) is 0. The molecule has 2 aromatic carbocycles. The average molecular weight is 797 g/mol. The van der Waals surface area contributed by atoms with E-state index in [0.29, 0.717) is 51.7 Å². The van der Waals surface area contributed by atoms with Crippen molar-refractivity contribution >= 4 is 45.7 Å². The van der Waals surface area contributed by atoms with Crippen LogP contribution in [0.25, 0.3) is 21.2 Å². The Bertz CT molecular complexity index is 1760. The highest BCUT2D eigenvalue weighted by Crippen LogP contribution is 2.44. The smallest absolute Gasteiger partial charge is 0.262 e. The van der Waals surface area contributed by atoms with Gasteiger partial charge in [0.25, 0.3) is 23.6 Å². The molecule has 5 rings (SSSR count). The van der Waals surface area contributed by atoms with E-state index in [-0.39, 0.29) is 35.5 Å². The maximum atomic E-state index is 14.9. The van der Waals surface area contributed by atoms with E-state index < -0.39 is 0 Å². The molecule has 2 aliphatic rings. The fourth-order valence-corrected chi connectivity index (χ4v) is 10.1. The van der Waals surface area contributed by atoms with Gasteiger partial charge in [0.1, 0.15) is 0 Å². The van der Waals surface area contributed by atoms with Gasteiger partial charge in [-0.1, -0.05) is 162 Å². The molecule has 0 saturated heterocycles. The highest BCUT2D eigenvalue weighted by atomic mass is 32.1. The minimum absolute atomic E-state index is 0.239. The second kappa shape index (κ2) is 23.3. The number of carbonyl (C=O) groups is 4. The molecule has 57 heavy (non-hydrogen) atoms. The Balaban J connectivity index is 1.46. The van der Waals surface area contributed by atoms with Crippen LogP contribution in [-0.4, -0.2) is 46.5 Å². The fraction of sp³-hybridized carbons (Fsp3) is 0.640. The maximum Gasteiger partial charge on any atom is 0.262 e. The molecule has 4 amide bonds. The zero-order valence-electron chi connectivity index (χ0n) is 35.9. The standard InChI is InChI=1S/C50H72N2O4S/c1-5-9-13-17-19-23-28-37(26-21-15-11-7-3)35-51-47(53)39-31-32-40-45-44(39)42(49(51)55)34-41(43-30-25-33-57-43)46(45)50(56)52(48(40)54)36-38(27-22-16-12-8-4)29-24-20-18-14-10-6-2/h25,30-34,37-38H,5-24,26-29,35-36H2,1-4H3. The predicted molar refractivity (Wildman–Crippen MR) is 238 cm³/mol. The van der Waals surface area contributed by atoms with Gasteiger partial charge in [0.2, 0.25) is 0 Å². The predicted octanol–water partition coefficient (Wildman–Crippen LogP) is 14.4. The molecule has 0 bridgehead atoms. The lowest BCUT2D eigenvalue weighted by molar-refractivity contribution is 0.0557. The molecule has 0 saturated carbocycles. The molecule has 0 radical (unpaired) electrons. The summed E-state index contributed by atoms with van der Waals surface area (Å²) in [4.78, 5) is 62.4. The number of rotatable bonds is 29. The van der Waals surface area contributed by atoms with Gasteiger partial charge in [0.15, 0.2) is 0 Å². The van der Waals surface area contributed by atoms with Gasteiger partial charge in [-0.25, -0.2) is 0 Å². The number of nitrogens with zero attached hydrogens (tertiary/aromatic N) is 2. The second-order valence-electron chi connectivity index (χ2n) is 17.2. The summed E-state index contributed by atoms with van der Waals surface area (Å²) in [6, 6.07) is 9.34. The average Bonchev–Trinajstić information content (AvgIpc) is 3.76. The SMILES string of the molecule is CCCCCCCCC(CCCCCC)CN1C(=O)c2ccc3c4c(c(-c5cccs5)cc(c24)C1=O)C(=O)N(CC(CCCCCC)CCCCCCCC)C3=O. The van der Waals surface area contributed by atoms with Crippen LogP contribution in [-0.2, 0) is 0 Å². The molecule has 2 atom stereocenters. The number of unbranched alkanes of at least 4 members (excludes halogenated alkanes) is 16. The van der Waals surface area contributed by atoms with Crippen molar-refractivity contribution in [3.63, 3.8) is 0 Å². The van der Waals surface area contributed by atoms with Gasteiger partial charge in [-0.2, -0.15) is 0 Å². The Kier molecular flexibility index (Phi) is 18.3. The molecule has 3 heterocycles.